The van der Waals surface area contributed by atoms with Gasteiger partial charge < -0.3 is 15.8 Å². The van der Waals surface area contributed by atoms with Crippen LogP contribution in [0.15, 0.2) is 0 Å². The third-order valence-electron chi connectivity index (χ3n) is 2.22. The molecular formula is C10H22N2O2. The molecular weight excluding hydrogens is 180 g/mol. The maximum absolute atomic E-state index is 11.4. The fraction of sp³-hybridized carbons (Fsp3) is 0.900. The minimum Gasteiger partial charge on any atom is -0.369 e. The summed E-state index contributed by atoms with van der Waals surface area (Å²) in [5.74, 6) is -0.103. The van der Waals surface area contributed by atoms with Crippen molar-refractivity contribution in [1.29, 1.82) is 0 Å². The summed E-state index contributed by atoms with van der Waals surface area (Å²) in [7, 11) is 0. The molecule has 1 amide bonds. The van der Waals surface area contributed by atoms with Gasteiger partial charge in [-0.05, 0) is 27.2 Å². The van der Waals surface area contributed by atoms with Gasteiger partial charge in [0.25, 0.3) is 0 Å². The predicted octanol–water partition coefficient (Wildman–Crippen LogP) is 0.655. The highest BCUT2D eigenvalue weighted by atomic mass is 16.5. The molecule has 0 aromatic heterocycles. The minimum atomic E-state index is -0.308. The topological polar surface area (TPSA) is 64.3 Å². The van der Waals surface area contributed by atoms with Crippen LogP contribution in [0.1, 0.15) is 34.1 Å². The first-order chi connectivity index (χ1) is 6.43. The van der Waals surface area contributed by atoms with Crippen molar-refractivity contribution in [2.45, 2.75) is 45.8 Å². The fourth-order valence-corrected chi connectivity index (χ4v) is 0.899. The number of hydrogen-bond donors (Lipinski definition) is 2. The Morgan fingerprint density at radius 2 is 2.14 bits per heavy atom. The lowest BCUT2D eigenvalue weighted by molar-refractivity contribution is -0.128. The second-order valence-electron chi connectivity index (χ2n) is 4.03. The first kappa shape index (κ1) is 13.4. The lowest BCUT2D eigenvalue weighted by Crippen LogP contribution is -2.52. The molecule has 1 unspecified atom stereocenters. The van der Waals surface area contributed by atoms with Gasteiger partial charge in [0.2, 0.25) is 5.91 Å². The lowest BCUT2D eigenvalue weighted by Gasteiger charge is -2.28. The molecule has 0 rings (SSSR count). The molecule has 0 saturated heterocycles. The van der Waals surface area contributed by atoms with Crippen LogP contribution >= 0.6 is 0 Å². The van der Waals surface area contributed by atoms with Crippen molar-refractivity contribution >= 4 is 5.91 Å². The molecule has 0 radical (unpaired) electrons. The molecule has 1 atom stereocenters. The normalized spacial score (nSPS) is 15.3. The second kappa shape index (κ2) is 5.98. The van der Waals surface area contributed by atoms with Crippen molar-refractivity contribution in [2.75, 3.05) is 13.2 Å². The van der Waals surface area contributed by atoms with E-state index in [-0.39, 0.29) is 24.2 Å². The van der Waals surface area contributed by atoms with Crippen molar-refractivity contribution in [2.24, 2.45) is 5.73 Å². The monoisotopic (exact) mass is 202 g/mol. The van der Waals surface area contributed by atoms with Gasteiger partial charge in [0.15, 0.2) is 0 Å². The first-order valence-corrected chi connectivity index (χ1v) is 5.06. The first-order valence-electron chi connectivity index (χ1n) is 5.06. The Hall–Kier alpha value is -0.610. The fourth-order valence-electron chi connectivity index (χ4n) is 0.899. The van der Waals surface area contributed by atoms with Gasteiger partial charge in [-0.2, -0.15) is 0 Å². The van der Waals surface area contributed by atoms with Crippen LogP contribution in [0, 0.1) is 0 Å². The molecule has 0 aliphatic rings. The van der Waals surface area contributed by atoms with Crippen molar-refractivity contribution in [1.82, 2.24) is 5.32 Å². The Balaban J connectivity index is 3.92. The molecule has 0 bridgehead atoms. The maximum atomic E-state index is 11.4. The third kappa shape index (κ3) is 5.19. The summed E-state index contributed by atoms with van der Waals surface area (Å²) in [5, 5.41) is 2.86. The van der Waals surface area contributed by atoms with Crippen LogP contribution in [0.4, 0.5) is 0 Å². The number of carbonyl (C=O) groups excluding carboxylic acids is 1. The highest BCUT2D eigenvalue weighted by molar-refractivity contribution is 5.78. The molecule has 0 heterocycles. The molecule has 14 heavy (non-hydrogen) atoms. The van der Waals surface area contributed by atoms with Gasteiger partial charge in [0.05, 0.1) is 6.10 Å². The van der Waals surface area contributed by atoms with Crippen molar-refractivity contribution < 1.29 is 9.53 Å². The van der Waals surface area contributed by atoms with E-state index in [0.717, 1.165) is 6.42 Å². The van der Waals surface area contributed by atoms with Crippen LogP contribution in [0.3, 0.4) is 0 Å². The van der Waals surface area contributed by atoms with E-state index in [2.05, 4.69) is 5.32 Å². The smallest absolute Gasteiger partial charge is 0.246 e. The average Bonchev–Trinajstić information content (AvgIpc) is 2.14. The zero-order chi connectivity index (χ0) is 11.2. The van der Waals surface area contributed by atoms with E-state index >= 15 is 0 Å². The zero-order valence-electron chi connectivity index (χ0n) is 9.59. The van der Waals surface area contributed by atoms with Crippen LogP contribution in [-0.4, -0.2) is 30.7 Å². The Labute approximate surface area is 86.2 Å². The molecule has 0 aliphatic carbocycles. The van der Waals surface area contributed by atoms with E-state index in [0.29, 0.717) is 6.54 Å². The number of nitrogens with two attached hydrogens (primary N) is 1. The third-order valence-corrected chi connectivity index (χ3v) is 2.22. The van der Waals surface area contributed by atoms with E-state index in [1.54, 1.807) is 0 Å². The summed E-state index contributed by atoms with van der Waals surface area (Å²) in [6, 6.07) is 0. The average molecular weight is 202 g/mol. The zero-order valence-corrected chi connectivity index (χ0v) is 9.59. The van der Waals surface area contributed by atoms with Crippen LogP contribution in [0.25, 0.3) is 0 Å². The maximum Gasteiger partial charge on any atom is 0.246 e. The summed E-state index contributed by atoms with van der Waals surface area (Å²) < 4.78 is 5.19. The SMILES string of the molecule is CCC(C)(CN)NC(=O)COC(C)C. The van der Waals surface area contributed by atoms with E-state index in [1.165, 1.54) is 0 Å². The molecule has 4 nitrogen and oxygen atoms in total. The lowest BCUT2D eigenvalue weighted by atomic mass is 9.99. The molecule has 0 aromatic carbocycles. The molecule has 0 aliphatic heterocycles. The number of ether oxygens (including phenoxy) is 1. The van der Waals surface area contributed by atoms with Crippen molar-refractivity contribution in [3.05, 3.63) is 0 Å². The highest BCUT2D eigenvalue weighted by Crippen LogP contribution is 2.06. The predicted molar refractivity (Wildman–Crippen MR) is 57.0 cm³/mol. The van der Waals surface area contributed by atoms with Crippen LogP contribution < -0.4 is 11.1 Å². The van der Waals surface area contributed by atoms with Gasteiger partial charge >= 0.3 is 0 Å². The molecule has 4 heteroatoms. The van der Waals surface area contributed by atoms with Gasteiger partial charge in [-0.1, -0.05) is 6.92 Å². The number of nitrogens with one attached hydrogen (secondary N) is 1. The van der Waals surface area contributed by atoms with Gasteiger partial charge in [0.1, 0.15) is 6.61 Å². The Bertz CT molecular complexity index is 177. The van der Waals surface area contributed by atoms with Gasteiger partial charge in [-0.15, -0.1) is 0 Å². The summed E-state index contributed by atoms with van der Waals surface area (Å²) in [6.07, 6.45) is 0.892. The quantitative estimate of drug-likeness (QED) is 0.665. The van der Waals surface area contributed by atoms with Gasteiger partial charge in [-0.3, -0.25) is 4.79 Å². The molecule has 3 N–H and O–H groups in total. The Morgan fingerprint density at radius 1 is 1.57 bits per heavy atom. The summed E-state index contributed by atoms with van der Waals surface area (Å²) in [6.45, 7) is 8.27. The second-order valence-corrected chi connectivity index (χ2v) is 4.03. The highest BCUT2D eigenvalue weighted by Gasteiger charge is 2.22. The summed E-state index contributed by atoms with van der Waals surface area (Å²) >= 11 is 0. The molecule has 0 fully saturated rings. The number of amides is 1. The molecule has 0 saturated carbocycles. The van der Waals surface area contributed by atoms with Crippen molar-refractivity contribution in [3.8, 4) is 0 Å². The van der Waals surface area contributed by atoms with Crippen LogP contribution in [0.2, 0.25) is 0 Å². The summed E-state index contributed by atoms with van der Waals surface area (Å²) in [4.78, 5) is 11.4. The molecule has 0 spiro atoms. The van der Waals surface area contributed by atoms with Crippen LogP contribution in [-0.2, 0) is 9.53 Å². The van der Waals surface area contributed by atoms with E-state index < -0.39 is 0 Å². The molecule has 0 aromatic rings. The van der Waals surface area contributed by atoms with E-state index in [4.69, 9.17) is 10.5 Å². The van der Waals surface area contributed by atoms with Crippen molar-refractivity contribution in [3.63, 3.8) is 0 Å². The Morgan fingerprint density at radius 3 is 2.50 bits per heavy atom. The van der Waals surface area contributed by atoms with Gasteiger partial charge in [-0.25, -0.2) is 0 Å². The molecule has 84 valence electrons. The number of rotatable bonds is 6. The van der Waals surface area contributed by atoms with E-state index in [9.17, 15) is 4.79 Å². The summed E-state index contributed by atoms with van der Waals surface area (Å²) in [5.41, 5.74) is 5.26. The largest absolute Gasteiger partial charge is 0.369 e. The van der Waals surface area contributed by atoms with Gasteiger partial charge in [0, 0.05) is 12.1 Å². The number of carbonyl (C=O) groups is 1. The van der Waals surface area contributed by atoms with Crippen LogP contribution in [0.5, 0.6) is 0 Å². The minimum absolute atomic E-state index is 0.0755. The number of hydrogen-bond acceptors (Lipinski definition) is 3. The standard InChI is InChI=1S/C10H22N2O2/c1-5-10(4,7-11)12-9(13)6-14-8(2)3/h8H,5-7,11H2,1-4H3,(H,12,13). The Kier molecular flexibility index (Phi) is 5.72. The van der Waals surface area contributed by atoms with E-state index in [1.807, 2.05) is 27.7 Å².